The maximum absolute atomic E-state index is 12.5. The molecule has 128 valence electrons. The Bertz CT molecular complexity index is 676. The molecule has 1 heterocycles. The number of carbonyl (C=O) groups is 1. The number of pyridine rings is 1. The van der Waals surface area contributed by atoms with E-state index < -0.39 is 0 Å². The highest BCUT2D eigenvalue weighted by Crippen LogP contribution is 2.27. The van der Waals surface area contributed by atoms with Crippen LogP contribution < -0.4 is 20.7 Å². The van der Waals surface area contributed by atoms with Crippen molar-refractivity contribution >= 4 is 17.4 Å². The third-order valence-corrected chi connectivity index (χ3v) is 3.53. The molecule has 1 aromatic carbocycles. The number of methoxy groups -OCH3 is 1. The maximum Gasteiger partial charge on any atom is 0.255 e. The van der Waals surface area contributed by atoms with Crippen LogP contribution in [0.5, 0.6) is 5.75 Å². The van der Waals surface area contributed by atoms with E-state index in [4.69, 9.17) is 4.74 Å². The minimum Gasteiger partial charge on any atom is -0.495 e. The van der Waals surface area contributed by atoms with Crippen molar-refractivity contribution in [2.24, 2.45) is 0 Å². The molecule has 0 radical (unpaired) electrons. The van der Waals surface area contributed by atoms with Crippen LogP contribution in [0, 0.1) is 0 Å². The molecule has 0 aliphatic rings. The monoisotopic (exact) mass is 328 g/mol. The number of aromatic nitrogens is 1. The van der Waals surface area contributed by atoms with Crippen LogP contribution >= 0.6 is 0 Å². The summed E-state index contributed by atoms with van der Waals surface area (Å²) < 4.78 is 5.32. The topological polar surface area (TPSA) is 75.3 Å². The molecular weight excluding hydrogens is 304 g/mol. The first kappa shape index (κ1) is 17.7. The second-order valence-electron chi connectivity index (χ2n) is 5.39. The molecule has 6 nitrogen and oxygen atoms in total. The molecule has 24 heavy (non-hydrogen) atoms. The molecule has 6 heteroatoms. The lowest BCUT2D eigenvalue weighted by Gasteiger charge is -2.15. The van der Waals surface area contributed by atoms with E-state index in [1.165, 1.54) is 0 Å². The maximum atomic E-state index is 12.5. The van der Waals surface area contributed by atoms with Gasteiger partial charge >= 0.3 is 0 Å². The Labute approximate surface area is 142 Å². The van der Waals surface area contributed by atoms with Crippen molar-refractivity contribution < 1.29 is 9.53 Å². The Balaban J connectivity index is 2.13. The summed E-state index contributed by atoms with van der Waals surface area (Å²) in [6.45, 7) is 5.48. The van der Waals surface area contributed by atoms with Gasteiger partial charge in [0.25, 0.3) is 5.91 Å². The third kappa shape index (κ3) is 4.70. The van der Waals surface area contributed by atoms with Crippen molar-refractivity contribution in [3.8, 4) is 5.75 Å². The van der Waals surface area contributed by atoms with Crippen LogP contribution in [-0.2, 0) is 0 Å². The van der Waals surface area contributed by atoms with Gasteiger partial charge in [0.15, 0.2) is 0 Å². The molecule has 1 aromatic heterocycles. The van der Waals surface area contributed by atoms with Gasteiger partial charge in [0.1, 0.15) is 11.6 Å². The van der Waals surface area contributed by atoms with E-state index >= 15 is 0 Å². The van der Waals surface area contributed by atoms with Gasteiger partial charge < -0.3 is 20.7 Å². The van der Waals surface area contributed by atoms with Gasteiger partial charge in [-0.1, -0.05) is 19.1 Å². The molecule has 0 fully saturated rings. The van der Waals surface area contributed by atoms with E-state index in [2.05, 4.69) is 20.9 Å². The Morgan fingerprint density at radius 1 is 1.25 bits per heavy atom. The standard InChI is InChI=1S/C18H24N4O2/c1-4-19-13(2)12-21-18(23)14-8-7-11-20-17(14)22-15-9-5-6-10-16(15)24-3/h5-11,13,19H,4,12H2,1-3H3,(H,20,22)(H,21,23)/t13-/m1/s1. The number of carbonyl (C=O) groups excluding carboxylic acids is 1. The van der Waals surface area contributed by atoms with E-state index in [-0.39, 0.29) is 11.9 Å². The lowest BCUT2D eigenvalue weighted by Crippen LogP contribution is -2.39. The molecule has 0 aliphatic heterocycles. The van der Waals surface area contributed by atoms with Gasteiger partial charge in [-0.25, -0.2) is 4.98 Å². The molecule has 0 bridgehead atoms. The summed E-state index contributed by atoms with van der Waals surface area (Å²) >= 11 is 0. The summed E-state index contributed by atoms with van der Waals surface area (Å²) in [5, 5.41) is 9.36. The molecule has 3 N–H and O–H groups in total. The third-order valence-electron chi connectivity index (χ3n) is 3.53. The number of hydrogen-bond acceptors (Lipinski definition) is 5. The van der Waals surface area contributed by atoms with Crippen molar-refractivity contribution in [1.82, 2.24) is 15.6 Å². The van der Waals surface area contributed by atoms with E-state index in [1.54, 1.807) is 25.4 Å². The smallest absolute Gasteiger partial charge is 0.255 e. The van der Waals surface area contributed by atoms with Gasteiger partial charge in [-0.2, -0.15) is 0 Å². The molecule has 0 saturated heterocycles. The number of para-hydroxylation sites is 2. The van der Waals surface area contributed by atoms with Crippen LogP contribution in [0.4, 0.5) is 11.5 Å². The van der Waals surface area contributed by atoms with Gasteiger partial charge in [-0.15, -0.1) is 0 Å². The molecule has 2 rings (SSSR count). The largest absolute Gasteiger partial charge is 0.495 e. The van der Waals surface area contributed by atoms with Gasteiger partial charge in [0.05, 0.1) is 18.4 Å². The van der Waals surface area contributed by atoms with Crippen LogP contribution in [0.2, 0.25) is 0 Å². The van der Waals surface area contributed by atoms with Gasteiger partial charge in [-0.3, -0.25) is 4.79 Å². The summed E-state index contributed by atoms with van der Waals surface area (Å²) in [6, 6.07) is 11.2. The lowest BCUT2D eigenvalue weighted by molar-refractivity contribution is 0.0951. The molecule has 0 spiro atoms. The number of likely N-dealkylation sites (N-methyl/N-ethyl adjacent to an activating group) is 1. The first-order chi connectivity index (χ1) is 11.7. The predicted molar refractivity (Wildman–Crippen MR) is 96.0 cm³/mol. The second-order valence-corrected chi connectivity index (χ2v) is 5.39. The molecular formula is C18H24N4O2. The van der Waals surface area contributed by atoms with Crippen molar-refractivity contribution in [3.05, 3.63) is 48.2 Å². The zero-order chi connectivity index (χ0) is 17.4. The number of benzene rings is 1. The van der Waals surface area contributed by atoms with Crippen LogP contribution in [0.15, 0.2) is 42.6 Å². The van der Waals surface area contributed by atoms with E-state index in [0.29, 0.717) is 23.7 Å². The average molecular weight is 328 g/mol. The average Bonchev–Trinajstić information content (AvgIpc) is 2.61. The highest BCUT2D eigenvalue weighted by molar-refractivity contribution is 5.99. The van der Waals surface area contributed by atoms with Crippen molar-refractivity contribution in [1.29, 1.82) is 0 Å². The van der Waals surface area contributed by atoms with Crippen molar-refractivity contribution in [2.45, 2.75) is 19.9 Å². The first-order valence-corrected chi connectivity index (χ1v) is 8.02. The van der Waals surface area contributed by atoms with Crippen molar-refractivity contribution in [3.63, 3.8) is 0 Å². The minimum atomic E-state index is -0.162. The highest BCUT2D eigenvalue weighted by atomic mass is 16.5. The molecule has 0 aliphatic carbocycles. The fraction of sp³-hybridized carbons (Fsp3) is 0.333. The zero-order valence-corrected chi connectivity index (χ0v) is 14.3. The highest BCUT2D eigenvalue weighted by Gasteiger charge is 2.14. The van der Waals surface area contributed by atoms with Crippen LogP contribution in [0.25, 0.3) is 0 Å². The lowest BCUT2D eigenvalue weighted by atomic mass is 10.2. The molecule has 2 aromatic rings. The number of hydrogen-bond donors (Lipinski definition) is 3. The Morgan fingerprint density at radius 3 is 2.79 bits per heavy atom. The summed E-state index contributed by atoms with van der Waals surface area (Å²) in [7, 11) is 1.61. The van der Waals surface area contributed by atoms with E-state index in [1.807, 2.05) is 38.1 Å². The number of nitrogens with zero attached hydrogens (tertiary/aromatic N) is 1. The normalized spacial score (nSPS) is 11.6. The minimum absolute atomic E-state index is 0.162. The number of nitrogens with one attached hydrogen (secondary N) is 3. The number of anilines is 2. The van der Waals surface area contributed by atoms with Gasteiger partial charge in [0.2, 0.25) is 0 Å². The SMILES string of the molecule is CCN[C@H](C)CNC(=O)c1cccnc1Nc1ccccc1OC. The quantitative estimate of drug-likeness (QED) is 0.694. The Kier molecular flexibility index (Phi) is 6.57. The summed E-state index contributed by atoms with van der Waals surface area (Å²) in [5.74, 6) is 1.02. The fourth-order valence-corrected chi connectivity index (χ4v) is 2.33. The van der Waals surface area contributed by atoms with Crippen LogP contribution in [0.1, 0.15) is 24.2 Å². The molecule has 0 unspecified atom stereocenters. The number of rotatable bonds is 8. The second kappa shape index (κ2) is 8.88. The van der Waals surface area contributed by atoms with Crippen molar-refractivity contribution in [2.75, 3.05) is 25.5 Å². The number of amides is 1. The summed E-state index contributed by atoms with van der Waals surface area (Å²) in [6.07, 6.45) is 1.65. The predicted octanol–water partition coefficient (Wildman–Crippen LogP) is 2.56. The summed E-state index contributed by atoms with van der Waals surface area (Å²) in [5.41, 5.74) is 1.25. The van der Waals surface area contributed by atoms with Crippen LogP contribution in [-0.4, -0.2) is 37.1 Å². The molecule has 1 amide bonds. The molecule has 1 atom stereocenters. The summed E-state index contributed by atoms with van der Waals surface area (Å²) in [4.78, 5) is 16.8. The van der Waals surface area contributed by atoms with Crippen LogP contribution in [0.3, 0.4) is 0 Å². The fourth-order valence-electron chi connectivity index (χ4n) is 2.33. The molecule has 0 saturated carbocycles. The first-order valence-electron chi connectivity index (χ1n) is 8.02. The Morgan fingerprint density at radius 2 is 2.04 bits per heavy atom. The Hall–Kier alpha value is -2.60. The zero-order valence-electron chi connectivity index (χ0n) is 14.3. The van der Waals surface area contributed by atoms with Gasteiger partial charge in [0, 0.05) is 18.8 Å². The van der Waals surface area contributed by atoms with E-state index in [0.717, 1.165) is 12.2 Å². The van der Waals surface area contributed by atoms with E-state index in [9.17, 15) is 4.79 Å². The van der Waals surface area contributed by atoms with Gasteiger partial charge in [-0.05, 0) is 37.7 Å². The number of ether oxygens (including phenoxy) is 1.